The van der Waals surface area contributed by atoms with Crippen LogP contribution in [-0.4, -0.2) is 54.9 Å². The van der Waals surface area contributed by atoms with Crippen molar-refractivity contribution in [1.82, 2.24) is 19.4 Å². The summed E-state index contributed by atoms with van der Waals surface area (Å²) in [6.45, 7) is 4.60. The number of amides is 1. The predicted molar refractivity (Wildman–Crippen MR) is 104 cm³/mol. The summed E-state index contributed by atoms with van der Waals surface area (Å²) in [5, 5.41) is 4.29. The molecule has 1 fully saturated rings. The summed E-state index contributed by atoms with van der Waals surface area (Å²) >= 11 is 0. The molecule has 1 aliphatic rings. The molecule has 1 aromatic heterocycles. The Balaban J connectivity index is 1.83. The van der Waals surface area contributed by atoms with Gasteiger partial charge in [-0.05, 0) is 44.7 Å². The van der Waals surface area contributed by atoms with Crippen LogP contribution < -0.4 is 4.72 Å². The number of carbonyl (C=O) groups excluding carboxylic acids is 1. The van der Waals surface area contributed by atoms with Crippen LogP contribution in [0.5, 0.6) is 0 Å². The van der Waals surface area contributed by atoms with E-state index in [1.807, 2.05) is 0 Å². The zero-order valence-corrected chi connectivity index (χ0v) is 17.4. The maximum Gasteiger partial charge on any atom is 0.257 e. The highest BCUT2D eigenvalue weighted by Gasteiger charge is 2.29. The predicted octanol–water partition coefficient (Wildman–Crippen LogP) is 2.17. The van der Waals surface area contributed by atoms with Gasteiger partial charge in [-0.2, -0.15) is 5.10 Å². The van der Waals surface area contributed by atoms with Crippen LogP contribution in [0.1, 0.15) is 34.6 Å². The molecule has 0 saturated carbocycles. The normalized spacial score (nSPS) is 17.6. The van der Waals surface area contributed by atoms with Crippen molar-refractivity contribution < 1.29 is 22.0 Å². The van der Waals surface area contributed by atoms with Crippen molar-refractivity contribution >= 4 is 15.9 Å². The third-order valence-electron chi connectivity index (χ3n) is 5.08. The Labute approximate surface area is 168 Å². The first kappa shape index (κ1) is 21.4. The average Bonchev–Trinajstić information content (AvgIpc) is 2.93. The monoisotopic (exact) mass is 426 g/mol. The summed E-state index contributed by atoms with van der Waals surface area (Å²) in [5.41, 5.74) is 1.37. The van der Waals surface area contributed by atoms with E-state index in [0.29, 0.717) is 30.0 Å². The SMILES string of the molecule is Cc1nn(-c2ccc(F)cc2F)c(C)c1C(=O)N1CCCC(CNS(C)(=O)=O)C1. The highest BCUT2D eigenvalue weighted by Crippen LogP contribution is 2.24. The van der Waals surface area contributed by atoms with Crippen LogP contribution in [0.4, 0.5) is 8.78 Å². The Bertz CT molecular complexity index is 1040. The second-order valence-corrected chi connectivity index (χ2v) is 9.27. The van der Waals surface area contributed by atoms with Gasteiger partial charge in [0.05, 0.1) is 23.2 Å². The first-order valence-corrected chi connectivity index (χ1v) is 11.2. The Kier molecular flexibility index (Phi) is 6.04. The molecule has 1 unspecified atom stereocenters. The molecule has 2 heterocycles. The van der Waals surface area contributed by atoms with Gasteiger partial charge in [0.15, 0.2) is 5.82 Å². The number of nitrogens with one attached hydrogen (secondary N) is 1. The zero-order valence-electron chi connectivity index (χ0n) is 16.6. The Morgan fingerprint density at radius 1 is 1.31 bits per heavy atom. The van der Waals surface area contributed by atoms with Crippen LogP contribution in [0, 0.1) is 31.4 Å². The number of likely N-dealkylation sites (tertiary alicyclic amines) is 1. The minimum absolute atomic E-state index is 0.0209. The van der Waals surface area contributed by atoms with Crippen molar-refractivity contribution in [3.8, 4) is 5.69 Å². The van der Waals surface area contributed by atoms with Gasteiger partial charge in [0, 0.05) is 25.7 Å². The summed E-state index contributed by atoms with van der Waals surface area (Å²) in [5.74, 6) is -1.66. The van der Waals surface area contributed by atoms with Crippen molar-refractivity contribution in [3.05, 3.63) is 46.8 Å². The first-order chi connectivity index (χ1) is 13.6. The lowest BCUT2D eigenvalue weighted by Gasteiger charge is -2.33. The number of piperidine rings is 1. The number of hydrogen-bond donors (Lipinski definition) is 1. The number of halogens is 2. The standard InChI is InChI=1S/C19H24F2N4O3S/c1-12-18(13(2)25(23-12)17-7-6-15(20)9-16(17)21)19(26)24-8-4-5-14(11-24)10-22-29(3,27)28/h6-7,9,14,22H,4-5,8,10-11H2,1-3H3. The number of benzene rings is 1. The van der Waals surface area contributed by atoms with E-state index in [9.17, 15) is 22.0 Å². The van der Waals surface area contributed by atoms with Gasteiger partial charge in [-0.1, -0.05) is 0 Å². The number of aryl methyl sites for hydroxylation is 1. The van der Waals surface area contributed by atoms with Crippen molar-refractivity contribution in [2.24, 2.45) is 5.92 Å². The fourth-order valence-corrected chi connectivity index (χ4v) is 4.22. The molecular formula is C19H24F2N4O3S. The molecule has 1 atom stereocenters. The molecule has 1 aliphatic heterocycles. The van der Waals surface area contributed by atoms with E-state index in [4.69, 9.17) is 0 Å². The van der Waals surface area contributed by atoms with Crippen LogP contribution in [-0.2, 0) is 10.0 Å². The number of aromatic nitrogens is 2. The summed E-state index contributed by atoms with van der Waals surface area (Å²) in [4.78, 5) is 14.8. The highest BCUT2D eigenvalue weighted by atomic mass is 32.2. The van der Waals surface area contributed by atoms with E-state index in [1.54, 1.807) is 18.7 Å². The summed E-state index contributed by atoms with van der Waals surface area (Å²) in [6, 6.07) is 3.20. The molecular weight excluding hydrogens is 402 g/mol. The molecule has 0 spiro atoms. The molecule has 1 aromatic carbocycles. The largest absolute Gasteiger partial charge is 0.338 e. The Hall–Kier alpha value is -2.33. The Morgan fingerprint density at radius 3 is 2.69 bits per heavy atom. The number of rotatable bonds is 5. The fourth-order valence-electron chi connectivity index (χ4n) is 3.68. The second-order valence-electron chi connectivity index (χ2n) is 7.43. The van der Waals surface area contributed by atoms with Gasteiger partial charge in [0.1, 0.15) is 11.5 Å². The molecule has 2 aromatic rings. The number of carbonyl (C=O) groups is 1. The van der Waals surface area contributed by atoms with E-state index in [2.05, 4.69) is 9.82 Å². The summed E-state index contributed by atoms with van der Waals surface area (Å²) in [7, 11) is -3.29. The molecule has 158 valence electrons. The number of sulfonamides is 1. The lowest BCUT2D eigenvalue weighted by molar-refractivity contribution is 0.0675. The average molecular weight is 426 g/mol. The minimum atomic E-state index is -3.29. The van der Waals surface area contributed by atoms with Gasteiger partial charge < -0.3 is 4.90 Å². The summed E-state index contributed by atoms with van der Waals surface area (Å²) < 4.78 is 53.9. The molecule has 0 bridgehead atoms. The zero-order chi connectivity index (χ0) is 21.3. The van der Waals surface area contributed by atoms with E-state index in [1.165, 1.54) is 10.7 Å². The Morgan fingerprint density at radius 2 is 2.03 bits per heavy atom. The first-order valence-electron chi connectivity index (χ1n) is 9.32. The fraction of sp³-hybridized carbons (Fsp3) is 0.474. The third-order valence-corrected chi connectivity index (χ3v) is 5.77. The molecule has 3 rings (SSSR count). The molecule has 29 heavy (non-hydrogen) atoms. The number of hydrogen-bond acceptors (Lipinski definition) is 4. The summed E-state index contributed by atoms with van der Waals surface area (Å²) in [6.07, 6.45) is 2.69. The van der Waals surface area contributed by atoms with Gasteiger partial charge >= 0.3 is 0 Å². The van der Waals surface area contributed by atoms with Crippen molar-refractivity contribution in [2.75, 3.05) is 25.9 Å². The van der Waals surface area contributed by atoms with Gasteiger partial charge in [-0.15, -0.1) is 0 Å². The molecule has 1 saturated heterocycles. The highest BCUT2D eigenvalue weighted by molar-refractivity contribution is 7.88. The quantitative estimate of drug-likeness (QED) is 0.794. The van der Waals surface area contributed by atoms with Crippen molar-refractivity contribution in [1.29, 1.82) is 0 Å². The maximum atomic E-state index is 14.2. The molecule has 0 radical (unpaired) electrons. The van der Waals surface area contributed by atoms with Gasteiger partial charge in [0.2, 0.25) is 10.0 Å². The van der Waals surface area contributed by atoms with Crippen LogP contribution in [0.2, 0.25) is 0 Å². The minimum Gasteiger partial charge on any atom is -0.338 e. The van der Waals surface area contributed by atoms with Gasteiger partial charge in [0.25, 0.3) is 5.91 Å². The molecule has 1 amide bonds. The van der Waals surface area contributed by atoms with Gasteiger partial charge in [-0.25, -0.2) is 26.6 Å². The lowest BCUT2D eigenvalue weighted by Crippen LogP contribution is -2.43. The van der Waals surface area contributed by atoms with Crippen molar-refractivity contribution in [3.63, 3.8) is 0 Å². The van der Waals surface area contributed by atoms with E-state index in [0.717, 1.165) is 31.2 Å². The molecule has 10 heteroatoms. The van der Waals surface area contributed by atoms with Crippen LogP contribution in [0.25, 0.3) is 5.69 Å². The molecule has 7 nitrogen and oxygen atoms in total. The van der Waals surface area contributed by atoms with Gasteiger partial charge in [-0.3, -0.25) is 4.79 Å². The molecule has 0 aliphatic carbocycles. The van der Waals surface area contributed by atoms with Crippen LogP contribution in [0.15, 0.2) is 18.2 Å². The maximum absolute atomic E-state index is 14.2. The van der Waals surface area contributed by atoms with Crippen LogP contribution in [0.3, 0.4) is 0 Å². The smallest absolute Gasteiger partial charge is 0.257 e. The van der Waals surface area contributed by atoms with E-state index < -0.39 is 21.7 Å². The topological polar surface area (TPSA) is 84.3 Å². The van der Waals surface area contributed by atoms with Crippen LogP contribution >= 0.6 is 0 Å². The second kappa shape index (κ2) is 8.19. The van der Waals surface area contributed by atoms with E-state index in [-0.39, 0.29) is 24.1 Å². The van der Waals surface area contributed by atoms with Crippen molar-refractivity contribution in [2.45, 2.75) is 26.7 Å². The van der Waals surface area contributed by atoms with E-state index >= 15 is 0 Å². The lowest BCUT2D eigenvalue weighted by atomic mass is 9.97. The third kappa shape index (κ3) is 4.81. The molecule has 1 N–H and O–H groups in total. The number of nitrogens with zero attached hydrogens (tertiary/aromatic N) is 3.